The van der Waals surface area contributed by atoms with E-state index in [2.05, 4.69) is 5.16 Å². The first-order valence-electron chi connectivity index (χ1n) is 8.88. The lowest BCUT2D eigenvalue weighted by atomic mass is 10.1. The number of hydrogen-bond acceptors (Lipinski definition) is 6. The van der Waals surface area contributed by atoms with Gasteiger partial charge < -0.3 is 13.8 Å². The molecule has 2 aromatic heterocycles. The van der Waals surface area contributed by atoms with Gasteiger partial charge in [0.05, 0.1) is 17.9 Å². The minimum atomic E-state index is -3.29. The second-order valence-corrected chi connectivity index (χ2v) is 9.05. The number of furan rings is 1. The average molecular weight is 388 g/mol. The van der Waals surface area contributed by atoms with Crippen LogP contribution in [0.5, 0.6) is 0 Å². The molecular formula is C19H20N2O5S. The van der Waals surface area contributed by atoms with Gasteiger partial charge in [0.2, 0.25) is 5.91 Å². The lowest BCUT2D eigenvalue weighted by Gasteiger charge is -2.31. The number of nitrogens with zero attached hydrogens (tertiary/aromatic N) is 2. The van der Waals surface area contributed by atoms with Crippen molar-refractivity contribution in [3.8, 4) is 0 Å². The van der Waals surface area contributed by atoms with Crippen molar-refractivity contribution in [2.75, 3.05) is 13.1 Å². The molecule has 3 heterocycles. The van der Waals surface area contributed by atoms with E-state index in [1.807, 2.05) is 24.3 Å². The Hall–Kier alpha value is -2.61. The SMILES string of the molecule is O=C(Cc1noc2ccccc12)N1CCC(S(=O)(=O)Cc2ccco2)CC1. The zero-order valence-electron chi connectivity index (χ0n) is 14.7. The van der Waals surface area contributed by atoms with Crippen molar-refractivity contribution in [3.05, 3.63) is 54.1 Å². The van der Waals surface area contributed by atoms with Crippen LogP contribution in [-0.2, 0) is 26.8 Å². The van der Waals surface area contributed by atoms with Gasteiger partial charge in [-0.25, -0.2) is 8.42 Å². The summed E-state index contributed by atoms with van der Waals surface area (Å²) in [5, 5.41) is 4.39. The fraction of sp³-hybridized carbons (Fsp3) is 0.368. The fourth-order valence-electron chi connectivity index (χ4n) is 3.50. The summed E-state index contributed by atoms with van der Waals surface area (Å²) in [7, 11) is -3.29. The third kappa shape index (κ3) is 3.75. The second-order valence-electron chi connectivity index (χ2n) is 6.77. The molecule has 1 aromatic carbocycles. The van der Waals surface area contributed by atoms with E-state index in [1.54, 1.807) is 17.0 Å². The highest BCUT2D eigenvalue weighted by Crippen LogP contribution is 2.23. The Bertz CT molecular complexity index is 1030. The van der Waals surface area contributed by atoms with E-state index in [-0.39, 0.29) is 18.1 Å². The van der Waals surface area contributed by atoms with Gasteiger partial charge in [-0.15, -0.1) is 0 Å². The zero-order valence-corrected chi connectivity index (χ0v) is 15.5. The van der Waals surface area contributed by atoms with Gasteiger partial charge in [0.25, 0.3) is 0 Å². The van der Waals surface area contributed by atoms with Crippen molar-refractivity contribution in [3.63, 3.8) is 0 Å². The standard InChI is InChI=1S/C19H20N2O5S/c22-19(12-17-16-5-1-2-6-18(16)26-20-17)21-9-7-15(8-10-21)27(23,24)13-14-4-3-11-25-14/h1-6,11,15H,7-10,12-13H2. The number of rotatable bonds is 5. The molecule has 0 radical (unpaired) electrons. The maximum Gasteiger partial charge on any atom is 0.228 e. The number of aromatic nitrogens is 1. The molecule has 1 saturated heterocycles. The predicted octanol–water partition coefficient (Wildman–Crippen LogP) is 2.57. The largest absolute Gasteiger partial charge is 0.468 e. The highest BCUT2D eigenvalue weighted by Gasteiger charge is 2.32. The van der Waals surface area contributed by atoms with E-state index < -0.39 is 15.1 Å². The van der Waals surface area contributed by atoms with Crippen LogP contribution in [0.4, 0.5) is 0 Å². The molecule has 1 aliphatic rings. The number of piperidine rings is 1. The molecule has 0 N–H and O–H groups in total. The summed E-state index contributed by atoms with van der Waals surface area (Å²) in [5.74, 6) is 0.297. The van der Waals surface area contributed by atoms with Crippen LogP contribution in [0.1, 0.15) is 24.3 Å². The number of para-hydroxylation sites is 1. The molecule has 1 amide bonds. The summed E-state index contributed by atoms with van der Waals surface area (Å²) in [5.41, 5.74) is 1.27. The molecule has 142 valence electrons. The summed E-state index contributed by atoms with van der Waals surface area (Å²) in [6.45, 7) is 0.855. The van der Waals surface area contributed by atoms with E-state index in [0.29, 0.717) is 43.0 Å². The van der Waals surface area contributed by atoms with Gasteiger partial charge in [0.1, 0.15) is 17.2 Å². The topological polar surface area (TPSA) is 93.6 Å². The van der Waals surface area contributed by atoms with E-state index in [4.69, 9.17) is 8.94 Å². The van der Waals surface area contributed by atoms with Crippen molar-refractivity contribution < 1.29 is 22.2 Å². The van der Waals surface area contributed by atoms with Gasteiger partial charge in [-0.2, -0.15) is 0 Å². The van der Waals surface area contributed by atoms with Gasteiger partial charge in [-0.1, -0.05) is 17.3 Å². The van der Waals surface area contributed by atoms with Crippen LogP contribution >= 0.6 is 0 Å². The Morgan fingerprint density at radius 3 is 2.67 bits per heavy atom. The molecule has 0 unspecified atom stereocenters. The number of fused-ring (bicyclic) bond motifs is 1. The number of benzene rings is 1. The molecule has 0 saturated carbocycles. The minimum Gasteiger partial charge on any atom is -0.468 e. The van der Waals surface area contributed by atoms with Crippen molar-refractivity contribution in [1.82, 2.24) is 10.1 Å². The Morgan fingerprint density at radius 1 is 1.15 bits per heavy atom. The summed E-state index contributed by atoms with van der Waals surface area (Å²) < 4.78 is 35.5. The minimum absolute atomic E-state index is 0.0593. The van der Waals surface area contributed by atoms with Crippen LogP contribution in [-0.4, -0.2) is 42.7 Å². The van der Waals surface area contributed by atoms with Crippen molar-refractivity contribution >= 4 is 26.7 Å². The van der Waals surface area contributed by atoms with Crippen molar-refractivity contribution in [1.29, 1.82) is 0 Å². The normalized spacial score (nSPS) is 16.1. The number of carbonyl (C=O) groups is 1. The Kier molecular flexibility index (Phi) is 4.73. The Balaban J connectivity index is 1.36. The molecule has 0 bridgehead atoms. The Labute approximate surface area is 156 Å². The Morgan fingerprint density at radius 2 is 1.93 bits per heavy atom. The maximum absolute atomic E-state index is 12.6. The van der Waals surface area contributed by atoms with Crippen LogP contribution in [0, 0.1) is 0 Å². The first-order valence-corrected chi connectivity index (χ1v) is 10.6. The number of carbonyl (C=O) groups excluding carboxylic acids is 1. The molecule has 0 atom stereocenters. The molecule has 7 nitrogen and oxygen atoms in total. The van der Waals surface area contributed by atoms with Crippen LogP contribution in [0.3, 0.4) is 0 Å². The van der Waals surface area contributed by atoms with Gasteiger partial charge in [0, 0.05) is 18.5 Å². The highest BCUT2D eigenvalue weighted by atomic mass is 32.2. The highest BCUT2D eigenvalue weighted by molar-refractivity contribution is 7.91. The molecule has 1 aliphatic heterocycles. The lowest BCUT2D eigenvalue weighted by Crippen LogP contribution is -2.43. The summed E-state index contributed by atoms with van der Waals surface area (Å²) in [4.78, 5) is 14.3. The first-order chi connectivity index (χ1) is 13.0. The molecule has 1 fully saturated rings. The number of hydrogen-bond donors (Lipinski definition) is 0. The van der Waals surface area contributed by atoms with Crippen LogP contribution in [0.2, 0.25) is 0 Å². The lowest BCUT2D eigenvalue weighted by molar-refractivity contribution is -0.131. The van der Waals surface area contributed by atoms with E-state index in [9.17, 15) is 13.2 Å². The van der Waals surface area contributed by atoms with E-state index in [0.717, 1.165) is 5.39 Å². The molecule has 27 heavy (non-hydrogen) atoms. The quantitative estimate of drug-likeness (QED) is 0.667. The third-order valence-corrected chi connectivity index (χ3v) is 7.17. The van der Waals surface area contributed by atoms with Gasteiger partial charge >= 0.3 is 0 Å². The van der Waals surface area contributed by atoms with E-state index in [1.165, 1.54) is 6.26 Å². The molecule has 4 rings (SSSR count). The molecule has 3 aromatic rings. The van der Waals surface area contributed by atoms with Crippen LogP contribution in [0.25, 0.3) is 11.0 Å². The summed E-state index contributed by atoms with van der Waals surface area (Å²) in [6.07, 6.45) is 2.50. The van der Waals surface area contributed by atoms with Gasteiger partial charge in [-0.05, 0) is 37.1 Å². The first kappa shape index (κ1) is 17.8. The van der Waals surface area contributed by atoms with Gasteiger partial charge in [0.15, 0.2) is 15.4 Å². The van der Waals surface area contributed by atoms with Gasteiger partial charge in [-0.3, -0.25) is 4.79 Å². The average Bonchev–Trinajstić information content (AvgIpc) is 3.32. The molecule has 0 aliphatic carbocycles. The maximum atomic E-state index is 12.6. The summed E-state index contributed by atoms with van der Waals surface area (Å²) in [6, 6.07) is 10.8. The predicted molar refractivity (Wildman–Crippen MR) is 98.6 cm³/mol. The zero-order chi connectivity index (χ0) is 18.9. The molecular weight excluding hydrogens is 368 g/mol. The van der Waals surface area contributed by atoms with Crippen molar-refractivity contribution in [2.24, 2.45) is 0 Å². The van der Waals surface area contributed by atoms with Crippen LogP contribution in [0.15, 0.2) is 51.6 Å². The van der Waals surface area contributed by atoms with Crippen LogP contribution < -0.4 is 0 Å². The number of likely N-dealkylation sites (tertiary alicyclic amines) is 1. The van der Waals surface area contributed by atoms with E-state index >= 15 is 0 Å². The monoisotopic (exact) mass is 388 g/mol. The molecule has 0 spiro atoms. The number of sulfone groups is 1. The smallest absolute Gasteiger partial charge is 0.228 e. The molecule has 8 heteroatoms. The number of amides is 1. The second kappa shape index (κ2) is 7.19. The summed E-state index contributed by atoms with van der Waals surface area (Å²) >= 11 is 0. The van der Waals surface area contributed by atoms with Crippen molar-refractivity contribution in [2.45, 2.75) is 30.3 Å². The third-order valence-electron chi connectivity index (χ3n) is 5.00. The fourth-order valence-corrected chi connectivity index (χ4v) is 5.22.